The number of thiazole rings is 2. The quantitative estimate of drug-likeness (QED) is 0.587. The standard InChI is InChI=1S/C8H4N2O2S2/c11-7(5-1-9-3-13-5)8(12)6-2-10-4-14-6/h1-4H. The summed E-state index contributed by atoms with van der Waals surface area (Å²) in [5.41, 5.74) is 3.04. The van der Waals surface area contributed by atoms with Gasteiger partial charge in [-0.25, -0.2) is 0 Å². The van der Waals surface area contributed by atoms with Crippen LogP contribution in [0.5, 0.6) is 0 Å². The van der Waals surface area contributed by atoms with Crippen LogP contribution >= 0.6 is 22.7 Å². The Bertz CT molecular complexity index is 403. The molecule has 0 spiro atoms. The Morgan fingerprint density at radius 1 is 0.929 bits per heavy atom. The Kier molecular flexibility index (Phi) is 2.47. The van der Waals surface area contributed by atoms with Crippen molar-refractivity contribution >= 4 is 34.2 Å². The molecular formula is C8H4N2O2S2. The van der Waals surface area contributed by atoms with Gasteiger partial charge in [-0.1, -0.05) is 0 Å². The van der Waals surface area contributed by atoms with Crippen LogP contribution in [-0.2, 0) is 0 Å². The van der Waals surface area contributed by atoms with Crippen LogP contribution in [0.2, 0.25) is 0 Å². The van der Waals surface area contributed by atoms with Gasteiger partial charge in [-0.3, -0.25) is 19.6 Å². The number of carbonyl (C=O) groups excluding carboxylic acids is 2. The van der Waals surface area contributed by atoms with E-state index >= 15 is 0 Å². The summed E-state index contributed by atoms with van der Waals surface area (Å²) in [7, 11) is 0. The number of aromatic nitrogens is 2. The highest BCUT2D eigenvalue weighted by Gasteiger charge is 2.20. The van der Waals surface area contributed by atoms with E-state index in [9.17, 15) is 9.59 Å². The predicted octanol–water partition coefficient (Wildman–Crippen LogP) is 1.67. The summed E-state index contributed by atoms with van der Waals surface area (Å²) < 4.78 is 0. The van der Waals surface area contributed by atoms with Gasteiger partial charge in [0.15, 0.2) is 0 Å². The van der Waals surface area contributed by atoms with Crippen molar-refractivity contribution in [1.29, 1.82) is 0 Å². The van der Waals surface area contributed by atoms with Gasteiger partial charge in [-0.15, -0.1) is 22.7 Å². The Hall–Kier alpha value is -1.40. The minimum Gasteiger partial charge on any atom is -0.284 e. The van der Waals surface area contributed by atoms with Gasteiger partial charge >= 0.3 is 0 Å². The van der Waals surface area contributed by atoms with Crippen molar-refractivity contribution in [2.75, 3.05) is 0 Å². The first kappa shape index (κ1) is 9.17. The third-order valence-electron chi connectivity index (χ3n) is 1.52. The summed E-state index contributed by atoms with van der Waals surface area (Å²) in [6, 6.07) is 0. The molecule has 0 N–H and O–H groups in total. The van der Waals surface area contributed by atoms with Crippen LogP contribution in [0.15, 0.2) is 23.4 Å². The molecule has 6 heteroatoms. The second kappa shape index (κ2) is 3.77. The second-order valence-corrected chi connectivity index (χ2v) is 4.16. The molecule has 0 aliphatic heterocycles. The van der Waals surface area contributed by atoms with E-state index in [0.29, 0.717) is 9.75 Å². The van der Waals surface area contributed by atoms with E-state index in [-0.39, 0.29) is 0 Å². The summed E-state index contributed by atoms with van der Waals surface area (Å²) in [5.74, 6) is -1.03. The lowest BCUT2D eigenvalue weighted by Gasteiger charge is -1.91. The number of ketones is 2. The maximum Gasteiger partial charge on any atom is 0.245 e. The van der Waals surface area contributed by atoms with Crippen LogP contribution < -0.4 is 0 Å². The molecule has 0 radical (unpaired) electrons. The summed E-state index contributed by atoms with van der Waals surface area (Å²) in [5, 5.41) is 0. The molecule has 0 aromatic carbocycles. The van der Waals surface area contributed by atoms with Gasteiger partial charge in [-0.2, -0.15) is 0 Å². The van der Waals surface area contributed by atoms with Crippen molar-refractivity contribution < 1.29 is 9.59 Å². The minimum absolute atomic E-state index is 0.364. The number of rotatable bonds is 3. The Morgan fingerprint density at radius 2 is 1.36 bits per heavy atom. The van der Waals surface area contributed by atoms with Crippen molar-refractivity contribution in [1.82, 2.24) is 9.97 Å². The third kappa shape index (κ3) is 1.61. The highest BCUT2D eigenvalue weighted by atomic mass is 32.1. The van der Waals surface area contributed by atoms with Crippen LogP contribution in [0.4, 0.5) is 0 Å². The molecule has 0 atom stereocenters. The van der Waals surface area contributed by atoms with E-state index in [1.54, 1.807) is 0 Å². The van der Waals surface area contributed by atoms with Crippen LogP contribution in [0, 0.1) is 0 Å². The number of nitrogens with zero attached hydrogens (tertiary/aromatic N) is 2. The number of hydrogen-bond acceptors (Lipinski definition) is 6. The van der Waals surface area contributed by atoms with Crippen LogP contribution in [0.3, 0.4) is 0 Å². The first-order valence-corrected chi connectivity index (χ1v) is 5.41. The molecule has 0 bridgehead atoms. The molecule has 2 heterocycles. The van der Waals surface area contributed by atoms with Crippen molar-refractivity contribution in [3.8, 4) is 0 Å². The molecule has 0 saturated heterocycles. The van der Waals surface area contributed by atoms with Crippen LogP contribution in [-0.4, -0.2) is 21.5 Å². The van der Waals surface area contributed by atoms with Crippen molar-refractivity contribution in [3.63, 3.8) is 0 Å². The van der Waals surface area contributed by atoms with Gasteiger partial charge in [0.05, 0.1) is 20.8 Å². The van der Waals surface area contributed by atoms with E-state index in [0.717, 1.165) is 22.7 Å². The Morgan fingerprint density at radius 3 is 1.64 bits per heavy atom. The van der Waals surface area contributed by atoms with Crippen LogP contribution in [0.1, 0.15) is 19.3 Å². The molecule has 0 aliphatic rings. The molecule has 0 saturated carbocycles. The van der Waals surface area contributed by atoms with Gasteiger partial charge in [0.25, 0.3) is 0 Å². The van der Waals surface area contributed by atoms with E-state index < -0.39 is 11.6 Å². The van der Waals surface area contributed by atoms with E-state index in [4.69, 9.17) is 0 Å². The zero-order valence-electron chi connectivity index (χ0n) is 6.84. The number of carbonyl (C=O) groups is 2. The summed E-state index contributed by atoms with van der Waals surface area (Å²) >= 11 is 2.32. The van der Waals surface area contributed by atoms with Gasteiger partial charge < -0.3 is 0 Å². The van der Waals surface area contributed by atoms with E-state index in [2.05, 4.69) is 9.97 Å². The van der Waals surface area contributed by atoms with Crippen molar-refractivity contribution in [2.24, 2.45) is 0 Å². The topological polar surface area (TPSA) is 59.9 Å². The fraction of sp³-hybridized carbons (Fsp3) is 0. The molecule has 2 aromatic rings. The molecule has 14 heavy (non-hydrogen) atoms. The first-order valence-electron chi connectivity index (χ1n) is 3.65. The molecule has 2 rings (SSSR count). The third-order valence-corrected chi connectivity index (χ3v) is 3.06. The Balaban J connectivity index is 2.26. The normalized spacial score (nSPS) is 10.0. The van der Waals surface area contributed by atoms with Crippen molar-refractivity contribution in [2.45, 2.75) is 0 Å². The van der Waals surface area contributed by atoms with Gasteiger partial charge in [0.2, 0.25) is 11.6 Å². The fourth-order valence-electron chi connectivity index (χ4n) is 0.880. The van der Waals surface area contributed by atoms with Crippen LogP contribution in [0.25, 0.3) is 0 Å². The smallest absolute Gasteiger partial charge is 0.245 e. The highest BCUT2D eigenvalue weighted by molar-refractivity contribution is 7.15. The molecule has 70 valence electrons. The summed E-state index contributed by atoms with van der Waals surface area (Å²) in [6.07, 6.45) is 2.79. The molecule has 0 aliphatic carbocycles. The second-order valence-electron chi connectivity index (χ2n) is 2.39. The van der Waals surface area contributed by atoms with E-state index in [1.807, 2.05) is 0 Å². The minimum atomic E-state index is -0.517. The Labute approximate surface area is 87.3 Å². The summed E-state index contributed by atoms with van der Waals surface area (Å²) in [4.78, 5) is 31.2. The lowest BCUT2D eigenvalue weighted by atomic mass is 10.2. The maximum absolute atomic E-state index is 11.5. The maximum atomic E-state index is 11.5. The number of hydrogen-bond donors (Lipinski definition) is 0. The predicted molar refractivity (Wildman–Crippen MR) is 52.9 cm³/mol. The van der Waals surface area contributed by atoms with Crippen molar-refractivity contribution in [3.05, 3.63) is 33.2 Å². The molecule has 2 aromatic heterocycles. The highest BCUT2D eigenvalue weighted by Crippen LogP contribution is 2.13. The summed E-state index contributed by atoms with van der Waals surface area (Å²) in [6.45, 7) is 0. The van der Waals surface area contributed by atoms with Gasteiger partial charge in [0.1, 0.15) is 0 Å². The zero-order valence-corrected chi connectivity index (χ0v) is 8.47. The van der Waals surface area contributed by atoms with E-state index in [1.165, 1.54) is 23.4 Å². The van der Waals surface area contributed by atoms with Gasteiger partial charge in [0, 0.05) is 12.4 Å². The lowest BCUT2D eigenvalue weighted by Crippen LogP contribution is -2.11. The molecule has 4 nitrogen and oxygen atoms in total. The molecule has 0 unspecified atom stereocenters. The largest absolute Gasteiger partial charge is 0.284 e. The monoisotopic (exact) mass is 224 g/mol. The molecular weight excluding hydrogens is 220 g/mol. The SMILES string of the molecule is O=C(C(=O)c1cncs1)c1cncs1. The fourth-order valence-corrected chi connectivity index (χ4v) is 1.99. The average molecular weight is 224 g/mol. The van der Waals surface area contributed by atoms with Gasteiger partial charge in [-0.05, 0) is 0 Å². The zero-order chi connectivity index (χ0) is 9.97. The first-order chi connectivity index (χ1) is 6.79. The molecule has 0 fully saturated rings. The lowest BCUT2D eigenvalue weighted by molar-refractivity contribution is 0.0821. The molecule has 0 amide bonds. The average Bonchev–Trinajstić information content (AvgIpc) is 2.87. The number of Topliss-reactive ketones (excluding diaryl/α,β-unsaturated/α-hetero) is 2.